The van der Waals surface area contributed by atoms with Crippen molar-refractivity contribution < 1.29 is 9.18 Å². The molecule has 0 aliphatic rings. The summed E-state index contributed by atoms with van der Waals surface area (Å²) in [6, 6.07) is 7.41. The molecule has 1 amide bonds. The first kappa shape index (κ1) is 20.5. The van der Waals surface area contributed by atoms with Crippen LogP contribution in [0.15, 0.2) is 41.3 Å². The fraction of sp³-hybridized carbons (Fsp3) is 0.286. The van der Waals surface area contributed by atoms with Gasteiger partial charge in [0.1, 0.15) is 17.0 Å². The summed E-state index contributed by atoms with van der Waals surface area (Å²) < 4.78 is 16.1. The van der Waals surface area contributed by atoms with Crippen molar-refractivity contribution in [2.75, 3.05) is 5.32 Å². The number of nitrogens with zero attached hydrogens (tertiary/aromatic N) is 5. The Morgan fingerprint density at radius 3 is 2.58 bits per heavy atom. The minimum atomic E-state index is -0.404. The van der Waals surface area contributed by atoms with Gasteiger partial charge in [0.15, 0.2) is 5.65 Å². The molecule has 31 heavy (non-hydrogen) atoms. The Balaban J connectivity index is 1.81. The van der Waals surface area contributed by atoms with Crippen LogP contribution in [0.2, 0.25) is 0 Å². The molecule has 0 aliphatic heterocycles. The third-order valence-corrected chi connectivity index (χ3v) is 5.14. The lowest BCUT2D eigenvalue weighted by atomic mass is 10.0. The number of hydrogen-bond donors (Lipinski definition) is 2. The predicted octanol–water partition coefficient (Wildman–Crippen LogP) is 3.12. The maximum absolute atomic E-state index is 13.3. The zero-order chi connectivity index (χ0) is 22.1. The molecule has 3 heterocycles. The normalized spacial score (nSPS) is 11.4. The molecule has 0 fully saturated rings. The number of aromatic amines is 1. The summed E-state index contributed by atoms with van der Waals surface area (Å²) in [5.74, 6) is -0.0837. The molecule has 9 nitrogen and oxygen atoms in total. The summed E-state index contributed by atoms with van der Waals surface area (Å²) in [6.07, 6.45) is 2.83. The number of rotatable bonds is 6. The molecule has 0 saturated heterocycles. The minimum absolute atomic E-state index is 0.120. The molecule has 4 aromatic rings. The van der Waals surface area contributed by atoms with Gasteiger partial charge in [0.25, 0.3) is 5.56 Å². The summed E-state index contributed by atoms with van der Waals surface area (Å²) in [5, 5.41) is 11.8. The Labute approximate surface area is 176 Å². The molecule has 10 heteroatoms. The number of amides is 1. The zero-order valence-corrected chi connectivity index (χ0v) is 17.4. The maximum Gasteiger partial charge on any atom is 0.263 e. The molecule has 0 radical (unpaired) electrons. The smallest absolute Gasteiger partial charge is 0.263 e. The van der Waals surface area contributed by atoms with Gasteiger partial charge in [0.2, 0.25) is 11.9 Å². The van der Waals surface area contributed by atoms with Gasteiger partial charge in [-0.2, -0.15) is 19.9 Å². The lowest BCUT2D eigenvalue weighted by molar-refractivity contribution is -0.120. The third-order valence-electron chi connectivity index (χ3n) is 5.14. The number of nitrogens with one attached hydrogen (secondary N) is 2. The van der Waals surface area contributed by atoms with Gasteiger partial charge in [-0.1, -0.05) is 13.8 Å². The van der Waals surface area contributed by atoms with Crippen LogP contribution >= 0.6 is 0 Å². The van der Waals surface area contributed by atoms with Crippen LogP contribution in [0.5, 0.6) is 0 Å². The summed E-state index contributed by atoms with van der Waals surface area (Å²) >= 11 is 0. The number of halogens is 1. The van der Waals surface area contributed by atoms with Crippen LogP contribution in [0.25, 0.3) is 22.7 Å². The van der Waals surface area contributed by atoms with E-state index in [0.717, 1.165) is 0 Å². The number of carbonyl (C=O) groups is 1. The fourth-order valence-corrected chi connectivity index (χ4v) is 3.42. The number of hydrogen-bond acceptors (Lipinski definition) is 5. The summed E-state index contributed by atoms with van der Waals surface area (Å²) in [4.78, 5) is 32.5. The van der Waals surface area contributed by atoms with E-state index in [0.29, 0.717) is 30.0 Å². The maximum atomic E-state index is 13.3. The van der Waals surface area contributed by atoms with E-state index in [1.807, 2.05) is 13.8 Å². The molecule has 2 N–H and O–H groups in total. The highest BCUT2D eigenvalue weighted by atomic mass is 19.1. The van der Waals surface area contributed by atoms with Crippen LogP contribution in [-0.4, -0.2) is 35.4 Å². The molecule has 0 bridgehead atoms. The van der Waals surface area contributed by atoms with Crippen LogP contribution in [-0.2, 0) is 4.79 Å². The van der Waals surface area contributed by atoms with E-state index in [4.69, 9.17) is 0 Å². The summed E-state index contributed by atoms with van der Waals surface area (Å²) in [5.41, 5.74) is 1.09. The van der Waals surface area contributed by atoms with E-state index < -0.39 is 5.56 Å². The Hall–Kier alpha value is -3.82. The quantitative estimate of drug-likeness (QED) is 0.495. The Bertz CT molecular complexity index is 1300. The fourth-order valence-electron chi connectivity index (χ4n) is 3.42. The average molecular weight is 423 g/mol. The molecular weight excluding hydrogens is 401 g/mol. The van der Waals surface area contributed by atoms with Crippen molar-refractivity contribution in [1.82, 2.24) is 29.5 Å². The van der Waals surface area contributed by atoms with Gasteiger partial charge in [0.05, 0.1) is 17.6 Å². The van der Waals surface area contributed by atoms with Crippen LogP contribution in [0, 0.1) is 18.7 Å². The monoisotopic (exact) mass is 423 g/mol. The molecule has 0 atom stereocenters. The van der Waals surface area contributed by atoms with E-state index in [9.17, 15) is 14.0 Å². The number of aryl methyl sites for hydroxylation is 1. The Morgan fingerprint density at radius 2 is 1.90 bits per heavy atom. The number of benzene rings is 1. The molecule has 3 aromatic heterocycles. The number of anilines is 1. The summed E-state index contributed by atoms with van der Waals surface area (Å²) in [7, 11) is 0. The molecule has 0 spiro atoms. The Kier molecular flexibility index (Phi) is 5.37. The summed E-state index contributed by atoms with van der Waals surface area (Å²) in [6.45, 7) is 5.70. The van der Waals surface area contributed by atoms with E-state index in [-0.39, 0.29) is 34.6 Å². The van der Waals surface area contributed by atoms with E-state index >= 15 is 0 Å². The van der Waals surface area contributed by atoms with Crippen molar-refractivity contribution in [3.8, 4) is 11.6 Å². The highest BCUT2D eigenvalue weighted by molar-refractivity contribution is 5.92. The van der Waals surface area contributed by atoms with Crippen molar-refractivity contribution in [2.24, 2.45) is 5.92 Å². The van der Waals surface area contributed by atoms with Crippen molar-refractivity contribution in [1.29, 1.82) is 0 Å². The van der Waals surface area contributed by atoms with Crippen LogP contribution in [0.3, 0.4) is 0 Å². The number of aromatic nitrogens is 6. The van der Waals surface area contributed by atoms with Crippen LogP contribution < -0.4 is 10.9 Å². The molecule has 1 aromatic carbocycles. The average Bonchev–Trinajstić information content (AvgIpc) is 3.33. The molecule has 0 saturated carbocycles. The number of carbonyl (C=O) groups excluding carboxylic acids is 1. The molecule has 0 unspecified atom stereocenters. The molecule has 0 aliphatic carbocycles. The third kappa shape index (κ3) is 3.83. The lowest BCUT2D eigenvalue weighted by Crippen LogP contribution is -2.24. The van der Waals surface area contributed by atoms with E-state index in [1.165, 1.54) is 27.7 Å². The second-order valence-electron chi connectivity index (χ2n) is 7.25. The topological polar surface area (TPSA) is 110 Å². The van der Waals surface area contributed by atoms with Crippen LogP contribution in [0.4, 0.5) is 10.2 Å². The van der Waals surface area contributed by atoms with Gasteiger partial charge in [-0.3, -0.25) is 14.6 Å². The first-order chi connectivity index (χ1) is 14.9. The first-order valence-electron chi connectivity index (χ1n) is 10.0. The van der Waals surface area contributed by atoms with E-state index in [2.05, 4.69) is 25.5 Å². The molecular formula is C21H22FN7O2. The second-order valence-corrected chi connectivity index (χ2v) is 7.25. The molecule has 160 valence electrons. The van der Waals surface area contributed by atoms with Gasteiger partial charge < -0.3 is 5.32 Å². The van der Waals surface area contributed by atoms with Crippen molar-refractivity contribution in [3.05, 3.63) is 58.4 Å². The van der Waals surface area contributed by atoms with Gasteiger partial charge in [0, 0.05) is 12.0 Å². The Morgan fingerprint density at radius 1 is 1.19 bits per heavy atom. The number of fused-ring (bicyclic) bond motifs is 1. The lowest BCUT2D eigenvalue weighted by Gasteiger charge is -2.13. The number of H-pyrrole nitrogens is 1. The largest absolute Gasteiger partial charge is 0.310 e. The molecule has 4 rings (SSSR count). The highest BCUT2D eigenvalue weighted by Gasteiger charge is 2.19. The minimum Gasteiger partial charge on any atom is -0.310 e. The van der Waals surface area contributed by atoms with Gasteiger partial charge in [-0.15, -0.1) is 0 Å². The zero-order valence-electron chi connectivity index (χ0n) is 17.4. The second kappa shape index (κ2) is 8.13. The predicted molar refractivity (Wildman–Crippen MR) is 114 cm³/mol. The van der Waals surface area contributed by atoms with Gasteiger partial charge in [-0.05, 0) is 44.0 Å². The highest BCUT2D eigenvalue weighted by Crippen LogP contribution is 2.19. The van der Waals surface area contributed by atoms with Gasteiger partial charge >= 0.3 is 0 Å². The van der Waals surface area contributed by atoms with E-state index in [1.54, 1.807) is 25.1 Å². The SMILES string of the molecule is CCC(CC)C(=O)Nc1cc(C)nn1-c1nc2c(cnn2-c2ccc(F)cc2)c(=O)[nH]1. The van der Waals surface area contributed by atoms with Crippen LogP contribution in [0.1, 0.15) is 32.4 Å². The van der Waals surface area contributed by atoms with Gasteiger partial charge in [-0.25, -0.2) is 9.07 Å². The standard InChI is InChI=1S/C21H22FN7O2/c1-4-13(5-2)19(30)24-17-10-12(3)27-29(17)21-25-18-16(20(31)26-21)11-23-28(18)15-8-6-14(22)7-9-15/h6-11,13H,4-5H2,1-3H3,(H,24,30)(H,25,26,31). The first-order valence-corrected chi connectivity index (χ1v) is 10.0. The van der Waals surface area contributed by atoms with Crippen molar-refractivity contribution in [2.45, 2.75) is 33.6 Å². The van der Waals surface area contributed by atoms with Crippen molar-refractivity contribution in [3.63, 3.8) is 0 Å². The van der Waals surface area contributed by atoms with Crippen molar-refractivity contribution >= 4 is 22.8 Å².